The maximum absolute atomic E-state index is 9.53. The van der Waals surface area contributed by atoms with Crippen molar-refractivity contribution in [3.63, 3.8) is 0 Å². The SMILES string of the molecule is CCOc1ccc(Br)cc1C=C(C#N)c1nc2ccccc2[nH]1. The molecule has 0 bridgehead atoms. The van der Waals surface area contributed by atoms with Gasteiger partial charge in [0.15, 0.2) is 0 Å². The highest BCUT2D eigenvalue weighted by molar-refractivity contribution is 9.10. The normalized spacial score (nSPS) is 11.4. The first kappa shape index (κ1) is 15.3. The second kappa shape index (κ2) is 6.67. The highest BCUT2D eigenvalue weighted by Crippen LogP contribution is 2.27. The van der Waals surface area contributed by atoms with Gasteiger partial charge in [-0.2, -0.15) is 5.26 Å². The summed E-state index contributed by atoms with van der Waals surface area (Å²) in [6.07, 6.45) is 1.79. The number of aromatic amines is 1. The van der Waals surface area contributed by atoms with Crippen molar-refractivity contribution < 1.29 is 4.74 Å². The molecular formula is C18H14BrN3O. The first-order valence-corrected chi connectivity index (χ1v) is 8.00. The van der Waals surface area contributed by atoms with Gasteiger partial charge in [0.25, 0.3) is 0 Å². The molecule has 0 saturated carbocycles. The Kier molecular flexibility index (Phi) is 4.45. The van der Waals surface area contributed by atoms with Gasteiger partial charge in [-0.05, 0) is 43.3 Å². The molecule has 114 valence electrons. The van der Waals surface area contributed by atoms with E-state index in [2.05, 4.69) is 32.0 Å². The fraction of sp³-hybridized carbons (Fsp3) is 0.111. The zero-order valence-electron chi connectivity index (χ0n) is 12.5. The molecule has 0 atom stereocenters. The molecule has 0 unspecified atom stereocenters. The van der Waals surface area contributed by atoms with E-state index in [0.29, 0.717) is 18.0 Å². The molecule has 3 rings (SSSR count). The molecule has 0 amide bonds. The number of nitriles is 1. The fourth-order valence-corrected chi connectivity index (χ4v) is 2.69. The Labute approximate surface area is 142 Å². The molecule has 0 radical (unpaired) electrons. The molecule has 1 heterocycles. The lowest BCUT2D eigenvalue weighted by Crippen LogP contribution is -1.94. The number of halogens is 1. The van der Waals surface area contributed by atoms with Crippen LogP contribution in [0, 0.1) is 11.3 Å². The van der Waals surface area contributed by atoms with Gasteiger partial charge in [0.2, 0.25) is 0 Å². The van der Waals surface area contributed by atoms with Gasteiger partial charge < -0.3 is 9.72 Å². The first-order valence-electron chi connectivity index (χ1n) is 7.20. The van der Waals surface area contributed by atoms with E-state index in [0.717, 1.165) is 26.8 Å². The Bertz CT molecular complexity index is 888. The maximum Gasteiger partial charge on any atom is 0.149 e. The topological polar surface area (TPSA) is 61.7 Å². The summed E-state index contributed by atoms with van der Waals surface area (Å²) in [6.45, 7) is 2.50. The van der Waals surface area contributed by atoms with Crippen LogP contribution in [0.15, 0.2) is 46.9 Å². The van der Waals surface area contributed by atoms with E-state index in [1.54, 1.807) is 6.08 Å². The van der Waals surface area contributed by atoms with Crippen LogP contribution in [0.2, 0.25) is 0 Å². The van der Waals surface area contributed by atoms with Gasteiger partial charge in [-0.3, -0.25) is 0 Å². The van der Waals surface area contributed by atoms with Crippen LogP contribution in [0.5, 0.6) is 5.75 Å². The molecule has 0 spiro atoms. The van der Waals surface area contributed by atoms with Crippen molar-refractivity contribution in [3.8, 4) is 11.8 Å². The second-order valence-electron chi connectivity index (χ2n) is 4.89. The van der Waals surface area contributed by atoms with Crippen LogP contribution in [0.3, 0.4) is 0 Å². The molecule has 1 aromatic heterocycles. The molecule has 23 heavy (non-hydrogen) atoms. The number of rotatable bonds is 4. The molecule has 0 saturated heterocycles. The van der Waals surface area contributed by atoms with E-state index in [-0.39, 0.29) is 0 Å². The predicted octanol–water partition coefficient (Wildman–Crippen LogP) is 4.79. The number of benzene rings is 2. The Hall–Kier alpha value is -2.58. The third-order valence-electron chi connectivity index (χ3n) is 3.34. The van der Waals surface area contributed by atoms with Crippen LogP contribution in [-0.4, -0.2) is 16.6 Å². The molecule has 0 aliphatic rings. The van der Waals surface area contributed by atoms with Crippen LogP contribution in [0.4, 0.5) is 0 Å². The molecule has 0 aliphatic heterocycles. The summed E-state index contributed by atoms with van der Waals surface area (Å²) in [5.74, 6) is 1.29. The number of aromatic nitrogens is 2. The molecule has 0 fully saturated rings. The van der Waals surface area contributed by atoms with Crippen LogP contribution >= 0.6 is 15.9 Å². The Balaban J connectivity index is 2.08. The summed E-state index contributed by atoms with van der Waals surface area (Å²) >= 11 is 3.45. The smallest absolute Gasteiger partial charge is 0.149 e. The lowest BCUT2D eigenvalue weighted by Gasteiger charge is -2.07. The number of nitrogens with zero attached hydrogens (tertiary/aromatic N) is 2. The monoisotopic (exact) mass is 367 g/mol. The van der Waals surface area contributed by atoms with Gasteiger partial charge in [0, 0.05) is 10.0 Å². The summed E-state index contributed by atoms with van der Waals surface area (Å²) in [5.41, 5.74) is 3.03. The zero-order valence-corrected chi connectivity index (χ0v) is 14.1. The Morgan fingerprint density at radius 2 is 2.17 bits per heavy atom. The minimum absolute atomic E-state index is 0.459. The number of ether oxygens (including phenoxy) is 1. The summed E-state index contributed by atoms with van der Waals surface area (Å²) < 4.78 is 6.55. The number of hydrogen-bond donors (Lipinski definition) is 1. The molecule has 2 aromatic carbocycles. The van der Waals surface area contributed by atoms with E-state index in [9.17, 15) is 5.26 Å². The van der Waals surface area contributed by atoms with Gasteiger partial charge >= 0.3 is 0 Å². The summed E-state index contributed by atoms with van der Waals surface area (Å²) in [5, 5.41) is 9.53. The molecule has 3 aromatic rings. The second-order valence-corrected chi connectivity index (χ2v) is 5.80. The van der Waals surface area contributed by atoms with Gasteiger partial charge in [0.05, 0.1) is 23.2 Å². The molecule has 5 heteroatoms. The third kappa shape index (κ3) is 3.27. The van der Waals surface area contributed by atoms with E-state index >= 15 is 0 Å². The largest absolute Gasteiger partial charge is 0.493 e. The van der Waals surface area contributed by atoms with Crippen LogP contribution < -0.4 is 4.74 Å². The zero-order chi connectivity index (χ0) is 16.2. The molecular weight excluding hydrogens is 354 g/mol. The number of fused-ring (bicyclic) bond motifs is 1. The predicted molar refractivity (Wildman–Crippen MR) is 94.9 cm³/mol. The van der Waals surface area contributed by atoms with Crippen molar-refractivity contribution in [3.05, 3.63) is 58.3 Å². The van der Waals surface area contributed by atoms with Crippen molar-refractivity contribution >= 4 is 38.6 Å². The van der Waals surface area contributed by atoms with Gasteiger partial charge in [0.1, 0.15) is 17.6 Å². The summed E-state index contributed by atoms with van der Waals surface area (Å²) in [7, 11) is 0. The van der Waals surface area contributed by atoms with Gasteiger partial charge in [-0.15, -0.1) is 0 Å². The minimum atomic E-state index is 0.459. The number of H-pyrrole nitrogens is 1. The van der Waals surface area contributed by atoms with Crippen LogP contribution in [-0.2, 0) is 0 Å². The average molecular weight is 368 g/mol. The lowest BCUT2D eigenvalue weighted by molar-refractivity contribution is 0.339. The third-order valence-corrected chi connectivity index (χ3v) is 3.83. The number of imidazole rings is 1. The molecule has 0 aliphatic carbocycles. The highest BCUT2D eigenvalue weighted by Gasteiger charge is 2.10. The van der Waals surface area contributed by atoms with Crippen molar-refractivity contribution in [2.75, 3.05) is 6.61 Å². The summed E-state index contributed by atoms with van der Waals surface area (Å²) in [6, 6.07) is 15.6. The Morgan fingerprint density at radius 1 is 1.35 bits per heavy atom. The number of para-hydroxylation sites is 2. The van der Waals surface area contributed by atoms with Crippen molar-refractivity contribution in [2.45, 2.75) is 6.92 Å². The number of allylic oxidation sites excluding steroid dienone is 1. The minimum Gasteiger partial charge on any atom is -0.493 e. The molecule has 1 N–H and O–H groups in total. The first-order chi connectivity index (χ1) is 11.2. The van der Waals surface area contributed by atoms with Gasteiger partial charge in [-0.25, -0.2) is 4.98 Å². The standard InChI is InChI=1S/C18H14BrN3O/c1-2-23-17-8-7-14(19)10-12(17)9-13(11-20)18-21-15-5-3-4-6-16(15)22-18/h3-10H,2H2,1H3,(H,21,22). The highest BCUT2D eigenvalue weighted by atomic mass is 79.9. The van der Waals surface area contributed by atoms with E-state index in [1.165, 1.54) is 0 Å². The lowest BCUT2D eigenvalue weighted by atomic mass is 10.1. The van der Waals surface area contributed by atoms with Crippen molar-refractivity contribution in [1.82, 2.24) is 9.97 Å². The van der Waals surface area contributed by atoms with E-state index < -0.39 is 0 Å². The van der Waals surface area contributed by atoms with Crippen molar-refractivity contribution in [2.24, 2.45) is 0 Å². The number of nitrogens with one attached hydrogen (secondary N) is 1. The van der Waals surface area contributed by atoms with Crippen LogP contribution in [0.25, 0.3) is 22.7 Å². The van der Waals surface area contributed by atoms with Crippen LogP contribution in [0.1, 0.15) is 18.3 Å². The average Bonchev–Trinajstić information content (AvgIpc) is 2.98. The van der Waals surface area contributed by atoms with Crippen molar-refractivity contribution in [1.29, 1.82) is 5.26 Å². The number of hydrogen-bond acceptors (Lipinski definition) is 3. The Morgan fingerprint density at radius 3 is 2.91 bits per heavy atom. The van der Waals surface area contributed by atoms with Gasteiger partial charge in [-0.1, -0.05) is 28.1 Å². The summed E-state index contributed by atoms with van der Waals surface area (Å²) in [4.78, 5) is 7.66. The van der Waals surface area contributed by atoms with E-state index in [1.807, 2.05) is 49.4 Å². The quantitative estimate of drug-likeness (QED) is 0.674. The fourth-order valence-electron chi connectivity index (χ4n) is 2.31. The molecule has 4 nitrogen and oxygen atoms in total. The van der Waals surface area contributed by atoms with E-state index in [4.69, 9.17) is 4.74 Å². The maximum atomic E-state index is 9.53.